The lowest BCUT2D eigenvalue weighted by Crippen LogP contribution is -2.46. The van der Waals surface area contributed by atoms with Gasteiger partial charge in [-0.05, 0) is 25.0 Å². The second kappa shape index (κ2) is 7.26. The first-order valence-corrected chi connectivity index (χ1v) is 7.77. The Morgan fingerprint density at radius 1 is 1.35 bits per heavy atom. The van der Waals surface area contributed by atoms with Crippen LogP contribution in [0.1, 0.15) is 26.1 Å². The van der Waals surface area contributed by atoms with Gasteiger partial charge in [-0.15, -0.1) is 0 Å². The molecule has 0 aliphatic rings. The topological polar surface area (TPSA) is 73.2 Å². The predicted octanol–water partition coefficient (Wildman–Crippen LogP) is 2.05. The minimum Gasteiger partial charge on any atom is -0.467 e. The molecule has 6 heteroatoms. The first-order valence-electron chi connectivity index (χ1n) is 7.77. The zero-order chi connectivity index (χ0) is 17.0. The van der Waals surface area contributed by atoms with Crippen LogP contribution in [0, 0.1) is 12.8 Å². The number of rotatable bonds is 6. The number of nitrogens with zero attached hydrogens (tertiary/aromatic N) is 2. The molecule has 0 fully saturated rings. The molecule has 0 spiro atoms. The molecule has 1 N–H and O–H groups in total. The fourth-order valence-corrected chi connectivity index (χ4v) is 2.55. The molecule has 0 radical (unpaired) electrons. The fraction of sp³-hybridized carbons (Fsp3) is 0.471. The second-order valence-electron chi connectivity index (χ2n) is 5.69. The molecule has 0 aliphatic carbocycles. The van der Waals surface area contributed by atoms with Gasteiger partial charge in [0.2, 0.25) is 5.91 Å². The average molecular weight is 317 g/mol. The minimum atomic E-state index is -0.632. The van der Waals surface area contributed by atoms with Crippen molar-refractivity contribution in [2.75, 3.05) is 7.11 Å². The number of benzene rings is 1. The molecular weight excluding hydrogens is 294 g/mol. The van der Waals surface area contributed by atoms with Gasteiger partial charge in [0.05, 0.1) is 18.1 Å². The molecule has 6 nitrogen and oxygen atoms in total. The van der Waals surface area contributed by atoms with Crippen molar-refractivity contribution in [1.29, 1.82) is 0 Å². The number of para-hydroxylation sites is 2. The maximum atomic E-state index is 12.4. The first kappa shape index (κ1) is 17.0. The maximum absolute atomic E-state index is 12.4. The van der Waals surface area contributed by atoms with Crippen molar-refractivity contribution in [3.63, 3.8) is 0 Å². The van der Waals surface area contributed by atoms with Gasteiger partial charge in [0, 0.05) is 0 Å². The fourth-order valence-electron chi connectivity index (χ4n) is 2.55. The van der Waals surface area contributed by atoms with Crippen LogP contribution in [0.2, 0.25) is 0 Å². The van der Waals surface area contributed by atoms with Gasteiger partial charge in [-0.2, -0.15) is 0 Å². The summed E-state index contributed by atoms with van der Waals surface area (Å²) in [5, 5.41) is 2.79. The predicted molar refractivity (Wildman–Crippen MR) is 87.9 cm³/mol. The Hall–Kier alpha value is -2.37. The van der Waals surface area contributed by atoms with Crippen molar-refractivity contribution < 1.29 is 14.3 Å². The van der Waals surface area contributed by atoms with E-state index in [1.807, 2.05) is 49.6 Å². The van der Waals surface area contributed by atoms with Gasteiger partial charge in [-0.25, -0.2) is 9.78 Å². The van der Waals surface area contributed by atoms with E-state index in [1.54, 1.807) is 0 Å². The van der Waals surface area contributed by atoms with Gasteiger partial charge < -0.3 is 14.6 Å². The molecule has 1 aromatic carbocycles. The van der Waals surface area contributed by atoms with Crippen LogP contribution in [0.4, 0.5) is 0 Å². The van der Waals surface area contributed by atoms with Gasteiger partial charge in [0.15, 0.2) is 0 Å². The summed E-state index contributed by atoms with van der Waals surface area (Å²) >= 11 is 0. The van der Waals surface area contributed by atoms with E-state index < -0.39 is 12.0 Å². The number of imidazole rings is 1. The molecule has 0 saturated heterocycles. The molecule has 1 aromatic heterocycles. The van der Waals surface area contributed by atoms with Gasteiger partial charge in [-0.3, -0.25) is 4.79 Å². The van der Waals surface area contributed by atoms with Crippen molar-refractivity contribution in [2.45, 2.75) is 39.8 Å². The minimum absolute atomic E-state index is 0.00651. The van der Waals surface area contributed by atoms with Crippen molar-refractivity contribution in [2.24, 2.45) is 5.92 Å². The van der Waals surface area contributed by atoms with Gasteiger partial charge in [-0.1, -0.05) is 32.4 Å². The Morgan fingerprint density at radius 2 is 2.04 bits per heavy atom. The van der Waals surface area contributed by atoms with E-state index in [0.29, 0.717) is 0 Å². The number of ether oxygens (including phenoxy) is 1. The summed E-state index contributed by atoms with van der Waals surface area (Å²) in [5.74, 6) is 0.124. The Labute approximate surface area is 135 Å². The summed E-state index contributed by atoms with van der Waals surface area (Å²) in [6, 6.07) is 7.03. The van der Waals surface area contributed by atoms with Crippen molar-refractivity contribution in [1.82, 2.24) is 14.9 Å². The van der Waals surface area contributed by atoms with Crippen LogP contribution < -0.4 is 5.32 Å². The average Bonchev–Trinajstić information content (AvgIpc) is 2.87. The van der Waals surface area contributed by atoms with E-state index in [2.05, 4.69) is 10.3 Å². The number of hydrogen-bond acceptors (Lipinski definition) is 4. The standard InChI is InChI=1S/C17H23N3O3/c1-5-11(2)16(17(22)23-4)19-15(21)10-20-12(3)18-13-8-6-7-9-14(13)20/h6-9,11,16H,5,10H2,1-4H3,(H,19,21)/t11-,16+/m0/s1. The molecule has 0 saturated carbocycles. The summed E-state index contributed by atoms with van der Waals surface area (Å²) < 4.78 is 6.64. The zero-order valence-corrected chi connectivity index (χ0v) is 14.0. The van der Waals surface area contributed by atoms with Crippen LogP contribution in [-0.4, -0.2) is 34.6 Å². The SMILES string of the molecule is CC[C@H](C)[C@@H](NC(=O)Cn1c(C)nc2ccccc21)C(=O)OC. The number of aromatic nitrogens is 2. The summed E-state index contributed by atoms with van der Waals surface area (Å²) in [4.78, 5) is 28.7. The molecule has 0 aliphatic heterocycles. The number of hydrogen-bond donors (Lipinski definition) is 1. The van der Waals surface area contributed by atoms with Crippen molar-refractivity contribution >= 4 is 22.9 Å². The zero-order valence-electron chi connectivity index (χ0n) is 14.0. The number of esters is 1. The number of fused-ring (bicyclic) bond motifs is 1. The summed E-state index contributed by atoms with van der Waals surface area (Å²) in [6.07, 6.45) is 0.771. The Kier molecular flexibility index (Phi) is 5.36. The van der Waals surface area contributed by atoms with E-state index in [-0.39, 0.29) is 18.4 Å². The Balaban J connectivity index is 2.17. The number of carbonyl (C=O) groups is 2. The molecule has 2 aromatic rings. The quantitative estimate of drug-likeness (QED) is 0.828. The number of aryl methyl sites for hydroxylation is 1. The van der Waals surface area contributed by atoms with Gasteiger partial charge >= 0.3 is 5.97 Å². The lowest BCUT2D eigenvalue weighted by Gasteiger charge is -2.22. The molecule has 124 valence electrons. The summed E-state index contributed by atoms with van der Waals surface area (Å²) in [5.41, 5.74) is 1.75. The van der Waals surface area contributed by atoms with Crippen LogP contribution in [0.3, 0.4) is 0 Å². The molecule has 2 atom stereocenters. The molecule has 2 rings (SSSR count). The summed E-state index contributed by atoms with van der Waals surface area (Å²) in [6.45, 7) is 5.87. The lowest BCUT2D eigenvalue weighted by atomic mass is 9.99. The highest BCUT2D eigenvalue weighted by molar-refractivity contribution is 5.86. The normalized spacial score (nSPS) is 13.6. The van der Waals surface area contributed by atoms with Crippen LogP contribution in [-0.2, 0) is 20.9 Å². The van der Waals surface area contributed by atoms with Crippen LogP contribution in [0.5, 0.6) is 0 Å². The molecule has 0 unspecified atom stereocenters. The number of carbonyl (C=O) groups excluding carboxylic acids is 2. The maximum Gasteiger partial charge on any atom is 0.328 e. The number of amides is 1. The van der Waals surface area contributed by atoms with E-state index in [1.165, 1.54) is 7.11 Å². The molecule has 1 amide bonds. The highest BCUT2D eigenvalue weighted by Crippen LogP contribution is 2.15. The van der Waals surface area contributed by atoms with Crippen molar-refractivity contribution in [3.05, 3.63) is 30.1 Å². The third-order valence-electron chi connectivity index (χ3n) is 4.13. The second-order valence-corrected chi connectivity index (χ2v) is 5.69. The highest BCUT2D eigenvalue weighted by atomic mass is 16.5. The van der Waals surface area contributed by atoms with E-state index in [0.717, 1.165) is 23.3 Å². The molecule has 1 heterocycles. The number of methoxy groups -OCH3 is 1. The first-order chi connectivity index (χ1) is 11.0. The summed E-state index contributed by atoms with van der Waals surface area (Å²) in [7, 11) is 1.33. The molecule has 0 bridgehead atoms. The van der Waals surface area contributed by atoms with E-state index in [9.17, 15) is 9.59 Å². The van der Waals surface area contributed by atoms with E-state index >= 15 is 0 Å². The van der Waals surface area contributed by atoms with E-state index in [4.69, 9.17) is 4.74 Å². The highest BCUT2D eigenvalue weighted by Gasteiger charge is 2.26. The molecular formula is C17H23N3O3. The van der Waals surface area contributed by atoms with Gasteiger partial charge in [0.25, 0.3) is 0 Å². The van der Waals surface area contributed by atoms with Crippen LogP contribution >= 0.6 is 0 Å². The largest absolute Gasteiger partial charge is 0.467 e. The third kappa shape index (κ3) is 3.70. The monoisotopic (exact) mass is 317 g/mol. The smallest absolute Gasteiger partial charge is 0.328 e. The Bertz CT molecular complexity index is 708. The van der Waals surface area contributed by atoms with Crippen LogP contribution in [0.15, 0.2) is 24.3 Å². The Morgan fingerprint density at radius 3 is 2.70 bits per heavy atom. The lowest BCUT2D eigenvalue weighted by molar-refractivity contribution is -0.146. The van der Waals surface area contributed by atoms with Crippen molar-refractivity contribution in [3.8, 4) is 0 Å². The van der Waals surface area contributed by atoms with Gasteiger partial charge in [0.1, 0.15) is 18.4 Å². The van der Waals surface area contributed by atoms with Crippen LogP contribution in [0.25, 0.3) is 11.0 Å². The molecule has 23 heavy (non-hydrogen) atoms. The third-order valence-corrected chi connectivity index (χ3v) is 4.13. The number of nitrogens with one attached hydrogen (secondary N) is 1.